The molecule has 1 N–H and O–H groups in total. The van der Waals surface area contributed by atoms with Crippen molar-refractivity contribution in [1.82, 2.24) is 4.90 Å². The summed E-state index contributed by atoms with van der Waals surface area (Å²) in [5.74, 6) is -0.876. The smallest absolute Gasteiger partial charge is 0.311 e. The zero-order valence-electron chi connectivity index (χ0n) is 12.5. The molecule has 1 unspecified atom stereocenters. The van der Waals surface area contributed by atoms with Gasteiger partial charge >= 0.3 is 5.97 Å². The van der Waals surface area contributed by atoms with E-state index in [9.17, 15) is 14.7 Å². The molecule has 0 saturated carbocycles. The van der Waals surface area contributed by atoms with Crippen LogP contribution < -0.4 is 0 Å². The maximum atomic E-state index is 12.7. The zero-order valence-corrected chi connectivity index (χ0v) is 14.2. The van der Waals surface area contributed by atoms with Gasteiger partial charge in [-0.3, -0.25) is 9.59 Å². The quantitative estimate of drug-likeness (QED) is 0.762. The molecule has 3 aromatic rings. The lowest BCUT2D eigenvalue weighted by molar-refractivity contribution is -0.147. The van der Waals surface area contributed by atoms with E-state index >= 15 is 0 Å². The molecule has 4 rings (SSSR count). The fourth-order valence-electron chi connectivity index (χ4n) is 3.07. The van der Waals surface area contributed by atoms with Crippen LogP contribution >= 0.6 is 22.7 Å². The van der Waals surface area contributed by atoms with Crippen molar-refractivity contribution >= 4 is 54.0 Å². The molecule has 3 heterocycles. The minimum atomic E-state index is -0.828. The highest BCUT2D eigenvalue weighted by atomic mass is 32.1. The predicted octanol–water partition coefficient (Wildman–Crippen LogP) is 4.05. The summed E-state index contributed by atoms with van der Waals surface area (Å²) in [4.78, 5) is 26.4. The van der Waals surface area contributed by atoms with E-state index in [1.165, 1.54) is 21.4 Å². The van der Waals surface area contributed by atoms with Gasteiger partial charge in [-0.05, 0) is 25.5 Å². The van der Waals surface area contributed by atoms with Crippen LogP contribution in [-0.4, -0.2) is 35.0 Å². The SMILES string of the molecule is CC1(C(=O)O)CCN(C(=O)c2cc3sc4ccccc4c3s2)C1. The second-order valence-corrected chi connectivity index (χ2v) is 8.38. The van der Waals surface area contributed by atoms with Gasteiger partial charge in [-0.25, -0.2) is 0 Å². The number of amides is 1. The van der Waals surface area contributed by atoms with Gasteiger partial charge in [0.2, 0.25) is 0 Å². The first-order chi connectivity index (χ1) is 11.0. The highest BCUT2D eigenvalue weighted by Gasteiger charge is 2.42. The molecule has 1 fully saturated rings. The van der Waals surface area contributed by atoms with Crippen molar-refractivity contribution in [2.45, 2.75) is 13.3 Å². The molecule has 1 aliphatic heterocycles. The Hall–Kier alpha value is -1.92. The Balaban J connectivity index is 1.67. The van der Waals surface area contributed by atoms with E-state index in [0.29, 0.717) is 17.8 Å². The van der Waals surface area contributed by atoms with Crippen molar-refractivity contribution in [3.8, 4) is 0 Å². The molecule has 2 aromatic heterocycles. The standard InChI is InChI=1S/C17H15NO3S2/c1-17(16(20)21)6-7-18(9-17)15(19)13-8-12-14(23-13)10-4-2-3-5-11(10)22-12/h2-5,8H,6-7,9H2,1H3,(H,20,21). The molecule has 6 heteroatoms. The van der Waals surface area contributed by atoms with Crippen molar-refractivity contribution < 1.29 is 14.7 Å². The molecule has 118 valence electrons. The Kier molecular flexibility index (Phi) is 3.21. The van der Waals surface area contributed by atoms with E-state index in [-0.39, 0.29) is 12.5 Å². The van der Waals surface area contributed by atoms with E-state index in [2.05, 4.69) is 12.1 Å². The number of hydrogen-bond acceptors (Lipinski definition) is 4. The van der Waals surface area contributed by atoms with Crippen LogP contribution in [0.5, 0.6) is 0 Å². The summed E-state index contributed by atoms with van der Waals surface area (Å²) in [5, 5.41) is 10.5. The molecule has 0 aliphatic carbocycles. The lowest BCUT2D eigenvalue weighted by Crippen LogP contribution is -2.34. The Bertz CT molecular complexity index is 942. The summed E-state index contributed by atoms with van der Waals surface area (Å²) in [6.45, 7) is 2.50. The van der Waals surface area contributed by atoms with Gasteiger partial charge in [-0.2, -0.15) is 0 Å². The van der Waals surface area contributed by atoms with Crippen LogP contribution in [0.1, 0.15) is 23.0 Å². The number of carboxylic acids is 1. The first kappa shape index (κ1) is 14.7. The number of nitrogens with zero attached hydrogens (tertiary/aromatic N) is 1. The summed E-state index contributed by atoms with van der Waals surface area (Å²) in [6, 6.07) is 10.1. The number of fused-ring (bicyclic) bond motifs is 3. The second kappa shape index (κ2) is 5.04. The average Bonchev–Trinajstić information content (AvgIpc) is 3.19. The van der Waals surface area contributed by atoms with Crippen molar-refractivity contribution in [1.29, 1.82) is 0 Å². The molecule has 0 bridgehead atoms. The van der Waals surface area contributed by atoms with E-state index < -0.39 is 11.4 Å². The monoisotopic (exact) mass is 345 g/mol. The van der Waals surface area contributed by atoms with Gasteiger partial charge in [0.15, 0.2) is 0 Å². The van der Waals surface area contributed by atoms with Crippen molar-refractivity contribution in [3.05, 3.63) is 35.2 Å². The van der Waals surface area contributed by atoms with E-state index in [1.54, 1.807) is 23.2 Å². The summed E-state index contributed by atoms with van der Waals surface area (Å²) in [7, 11) is 0. The molecule has 1 amide bonds. The Morgan fingerprint density at radius 1 is 1.22 bits per heavy atom. The maximum Gasteiger partial charge on any atom is 0.311 e. The number of carbonyl (C=O) groups is 2. The van der Waals surface area contributed by atoms with E-state index in [4.69, 9.17) is 0 Å². The molecular formula is C17H15NO3S2. The third-order valence-electron chi connectivity index (χ3n) is 4.54. The molecule has 1 aliphatic rings. The fourth-order valence-corrected chi connectivity index (χ4v) is 5.56. The minimum absolute atomic E-state index is 0.0487. The molecule has 1 atom stereocenters. The number of likely N-dealkylation sites (tertiary alicyclic amines) is 1. The van der Waals surface area contributed by atoms with Crippen LogP contribution in [-0.2, 0) is 4.79 Å². The van der Waals surface area contributed by atoms with Crippen molar-refractivity contribution in [2.75, 3.05) is 13.1 Å². The lowest BCUT2D eigenvalue weighted by Gasteiger charge is -2.19. The topological polar surface area (TPSA) is 57.6 Å². The second-order valence-electron chi connectivity index (χ2n) is 6.24. The summed E-state index contributed by atoms with van der Waals surface area (Å²) < 4.78 is 3.50. The Labute approximate surface area is 141 Å². The van der Waals surface area contributed by atoms with Crippen molar-refractivity contribution in [2.24, 2.45) is 5.41 Å². The molecule has 1 saturated heterocycles. The van der Waals surface area contributed by atoms with Crippen LogP contribution in [0.15, 0.2) is 30.3 Å². The number of carbonyl (C=O) groups excluding carboxylic acids is 1. The highest BCUT2D eigenvalue weighted by molar-refractivity contribution is 7.33. The van der Waals surface area contributed by atoms with Crippen molar-refractivity contribution in [3.63, 3.8) is 0 Å². The molecule has 0 spiro atoms. The zero-order chi connectivity index (χ0) is 16.2. The van der Waals surface area contributed by atoms with Crippen LogP contribution in [0.4, 0.5) is 0 Å². The lowest BCUT2D eigenvalue weighted by atomic mass is 9.90. The van der Waals surface area contributed by atoms with Crippen LogP contribution in [0.25, 0.3) is 19.5 Å². The fraction of sp³-hybridized carbons (Fsp3) is 0.294. The number of rotatable bonds is 2. The number of benzene rings is 1. The third kappa shape index (κ3) is 2.24. The van der Waals surface area contributed by atoms with Crippen LogP contribution in [0.2, 0.25) is 0 Å². The Morgan fingerprint density at radius 3 is 2.74 bits per heavy atom. The first-order valence-corrected chi connectivity index (χ1v) is 9.05. The first-order valence-electron chi connectivity index (χ1n) is 7.42. The predicted molar refractivity (Wildman–Crippen MR) is 93.5 cm³/mol. The summed E-state index contributed by atoms with van der Waals surface area (Å²) in [5.41, 5.74) is -0.822. The number of carboxylic acid groups (broad SMARTS) is 1. The normalized spacial score (nSPS) is 21.3. The molecule has 0 radical (unpaired) electrons. The average molecular weight is 345 g/mol. The van der Waals surface area contributed by atoms with Crippen LogP contribution in [0, 0.1) is 5.41 Å². The molecule has 23 heavy (non-hydrogen) atoms. The molecule has 4 nitrogen and oxygen atoms in total. The summed E-state index contributed by atoms with van der Waals surface area (Å²) >= 11 is 3.20. The number of aliphatic carboxylic acids is 1. The number of thiophene rings is 2. The highest BCUT2D eigenvalue weighted by Crippen LogP contribution is 2.40. The maximum absolute atomic E-state index is 12.7. The molecule has 1 aromatic carbocycles. The largest absolute Gasteiger partial charge is 0.481 e. The minimum Gasteiger partial charge on any atom is -0.481 e. The van der Waals surface area contributed by atoms with Gasteiger partial charge in [0.05, 0.1) is 15.0 Å². The van der Waals surface area contributed by atoms with Crippen LogP contribution in [0.3, 0.4) is 0 Å². The number of hydrogen-bond donors (Lipinski definition) is 1. The third-order valence-corrected chi connectivity index (χ3v) is 6.94. The summed E-state index contributed by atoms with van der Waals surface area (Å²) in [6.07, 6.45) is 0.511. The van der Waals surface area contributed by atoms with E-state index in [1.807, 2.05) is 18.2 Å². The van der Waals surface area contributed by atoms with Gasteiger partial charge in [-0.15, -0.1) is 22.7 Å². The van der Waals surface area contributed by atoms with Gasteiger partial charge in [-0.1, -0.05) is 18.2 Å². The Morgan fingerprint density at radius 2 is 2.00 bits per heavy atom. The van der Waals surface area contributed by atoms with Gasteiger partial charge in [0.25, 0.3) is 5.91 Å². The van der Waals surface area contributed by atoms with E-state index in [0.717, 1.165) is 9.40 Å². The van der Waals surface area contributed by atoms with Gasteiger partial charge in [0, 0.05) is 27.9 Å². The molecular weight excluding hydrogens is 330 g/mol. The van der Waals surface area contributed by atoms with Gasteiger partial charge < -0.3 is 10.0 Å². The van der Waals surface area contributed by atoms with Gasteiger partial charge in [0.1, 0.15) is 0 Å².